The van der Waals surface area contributed by atoms with Crippen LogP contribution in [0.25, 0.3) is 11.2 Å². The fraction of sp³-hybridized carbons (Fsp3) is 0.500. The van der Waals surface area contributed by atoms with E-state index in [1.807, 2.05) is 12.1 Å². The van der Waals surface area contributed by atoms with Gasteiger partial charge in [-0.1, -0.05) is 0 Å². The van der Waals surface area contributed by atoms with Crippen molar-refractivity contribution in [3.63, 3.8) is 0 Å². The van der Waals surface area contributed by atoms with E-state index in [0.29, 0.717) is 11.5 Å². The largest absolute Gasteiger partial charge is 0.481 e. The zero-order chi connectivity index (χ0) is 12.4. The molecule has 0 aliphatic carbocycles. The molecule has 3 rings (SSSR count). The Labute approximate surface area is 105 Å². The highest BCUT2D eigenvalue weighted by atomic mass is 16.5. The summed E-state index contributed by atoms with van der Waals surface area (Å²) >= 11 is 0. The topological polar surface area (TPSA) is 72.1 Å². The molecule has 6 nitrogen and oxygen atoms in total. The number of imidazole rings is 1. The van der Waals surface area contributed by atoms with E-state index in [9.17, 15) is 0 Å². The molecule has 1 unspecified atom stereocenters. The van der Waals surface area contributed by atoms with Gasteiger partial charge in [0.05, 0.1) is 25.3 Å². The molecule has 18 heavy (non-hydrogen) atoms. The van der Waals surface area contributed by atoms with Crippen molar-refractivity contribution in [2.45, 2.75) is 12.5 Å². The molecule has 1 aliphatic heterocycles. The number of pyridine rings is 1. The molecule has 0 bridgehead atoms. The van der Waals surface area contributed by atoms with Gasteiger partial charge in [0, 0.05) is 25.6 Å². The molecule has 1 saturated heterocycles. The van der Waals surface area contributed by atoms with Gasteiger partial charge in [0.2, 0.25) is 5.88 Å². The first-order chi connectivity index (χ1) is 8.85. The van der Waals surface area contributed by atoms with Crippen molar-refractivity contribution in [3.8, 4) is 5.88 Å². The third-order valence-corrected chi connectivity index (χ3v) is 3.00. The number of hydrogen-bond acceptors (Lipinski definition) is 5. The van der Waals surface area contributed by atoms with E-state index in [4.69, 9.17) is 9.47 Å². The molecule has 0 saturated carbocycles. The van der Waals surface area contributed by atoms with Gasteiger partial charge in [0.1, 0.15) is 5.82 Å². The molecule has 1 aliphatic rings. The van der Waals surface area contributed by atoms with E-state index in [2.05, 4.69) is 20.3 Å². The van der Waals surface area contributed by atoms with Gasteiger partial charge in [-0.3, -0.25) is 0 Å². The maximum atomic E-state index is 5.66. The average molecular weight is 248 g/mol. The zero-order valence-corrected chi connectivity index (χ0v) is 10.3. The maximum absolute atomic E-state index is 5.66. The molecular formula is C12H16N4O2. The van der Waals surface area contributed by atoms with Crippen LogP contribution in [0.2, 0.25) is 0 Å². The summed E-state index contributed by atoms with van der Waals surface area (Å²) in [5.74, 6) is 1.48. The summed E-state index contributed by atoms with van der Waals surface area (Å²) < 4.78 is 10.7. The van der Waals surface area contributed by atoms with Crippen LogP contribution >= 0.6 is 0 Å². The Morgan fingerprint density at radius 2 is 2.39 bits per heavy atom. The Kier molecular flexibility index (Phi) is 3.12. The van der Waals surface area contributed by atoms with Gasteiger partial charge in [-0.2, -0.15) is 4.98 Å². The predicted octanol–water partition coefficient (Wildman–Crippen LogP) is 0.497. The number of aromatic nitrogens is 3. The first-order valence-electron chi connectivity index (χ1n) is 6.07. The van der Waals surface area contributed by atoms with E-state index in [0.717, 1.165) is 37.5 Å². The van der Waals surface area contributed by atoms with Crippen molar-refractivity contribution in [2.75, 3.05) is 26.8 Å². The Hall–Kier alpha value is -1.66. The van der Waals surface area contributed by atoms with Crippen LogP contribution in [0.4, 0.5) is 0 Å². The fourth-order valence-corrected chi connectivity index (χ4v) is 2.10. The standard InChI is InChI=1S/C12H16N4O2/c1-17-11-3-2-9-12(16-11)15-10(14-9)6-8-7-13-4-5-18-8/h2-3,8,13H,4-7H2,1H3,(H,14,15,16). The summed E-state index contributed by atoms with van der Waals surface area (Å²) in [5, 5.41) is 3.30. The van der Waals surface area contributed by atoms with Crippen molar-refractivity contribution in [1.82, 2.24) is 20.3 Å². The van der Waals surface area contributed by atoms with Crippen molar-refractivity contribution in [1.29, 1.82) is 0 Å². The van der Waals surface area contributed by atoms with E-state index in [-0.39, 0.29) is 6.10 Å². The molecule has 6 heteroatoms. The lowest BCUT2D eigenvalue weighted by molar-refractivity contribution is 0.0282. The summed E-state index contributed by atoms with van der Waals surface area (Å²) in [6.07, 6.45) is 0.951. The summed E-state index contributed by atoms with van der Waals surface area (Å²) in [6.45, 7) is 2.56. The molecular weight excluding hydrogens is 232 g/mol. The molecule has 0 amide bonds. The Morgan fingerprint density at radius 1 is 1.44 bits per heavy atom. The van der Waals surface area contributed by atoms with E-state index in [1.165, 1.54) is 0 Å². The molecule has 1 atom stereocenters. The molecule has 0 aromatic carbocycles. The monoisotopic (exact) mass is 248 g/mol. The van der Waals surface area contributed by atoms with E-state index >= 15 is 0 Å². The first kappa shape index (κ1) is 11.4. The van der Waals surface area contributed by atoms with Crippen LogP contribution in [0.1, 0.15) is 5.82 Å². The Morgan fingerprint density at radius 3 is 3.17 bits per heavy atom. The van der Waals surface area contributed by atoms with Crippen molar-refractivity contribution in [2.24, 2.45) is 0 Å². The summed E-state index contributed by atoms with van der Waals surface area (Å²) in [7, 11) is 1.60. The molecule has 0 radical (unpaired) electrons. The molecule has 2 N–H and O–H groups in total. The molecule has 2 aromatic heterocycles. The lowest BCUT2D eigenvalue weighted by Crippen LogP contribution is -2.39. The number of methoxy groups -OCH3 is 1. The third-order valence-electron chi connectivity index (χ3n) is 3.00. The third kappa shape index (κ3) is 2.30. The maximum Gasteiger partial charge on any atom is 0.215 e. The minimum absolute atomic E-state index is 0.182. The van der Waals surface area contributed by atoms with Gasteiger partial charge in [-0.05, 0) is 6.07 Å². The van der Waals surface area contributed by atoms with Gasteiger partial charge in [0.25, 0.3) is 0 Å². The number of aromatic amines is 1. The van der Waals surface area contributed by atoms with Crippen LogP contribution in [-0.2, 0) is 11.2 Å². The normalized spacial score (nSPS) is 20.2. The molecule has 3 heterocycles. The summed E-state index contributed by atoms with van der Waals surface area (Å²) in [5.41, 5.74) is 1.61. The fourth-order valence-electron chi connectivity index (χ4n) is 2.10. The van der Waals surface area contributed by atoms with Crippen molar-refractivity contribution < 1.29 is 9.47 Å². The van der Waals surface area contributed by atoms with Gasteiger partial charge in [-0.25, -0.2) is 4.98 Å². The quantitative estimate of drug-likeness (QED) is 0.827. The van der Waals surface area contributed by atoms with E-state index < -0.39 is 0 Å². The number of nitrogens with one attached hydrogen (secondary N) is 2. The SMILES string of the molecule is COc1ccc2[nH]c(CC3CNCCO3)nc2n1. The molecule has 96 valence electrons. The Bertz CT molecular complexity index is 534. The summed E-state index contributed by atoms with van der Waals surface area (Å²) in [6, 6.07) is 3.75. The number of H-pyrrole nitrogens is 1. The minimum atomic E-state index is 0.182. The van der Waals surface area contributed by atoms with Gasteiger partial charge in [0.15, 0.2) is 5.65 Å². The highest BCUT2D eigenvalue weighted by Crippen LogP contribution is 2.15. The van der Waals surface area contributed by atoms with Crippen LogP contribution in [0, 0.1) is 0 Å². The second kappa shape index (κ2) is 4.91. The van der Waals surface area contributed by atoms with Crippen LogP contribution in [0.3, 0.4) is 0 Å². The van der Waals surface area contributed by atoms with Crippen molar-refractivity contribution in [3.05, 3.63) is 18.0 Å². The second-order valence-electron chi connectivity index (χ2n) is 4.31. The van der Waals surface area contributed by atoms with Crippen LogP contribution in [0.15, 0.2) is 12.1 Å². The van der Waals surface area contributed by atoms with Crippen LogP contribution < -0.4 is 10.1 Å². The van der Waals surface area contributed by atoms with Crippen LogP contribution in [-0.4, -0.2) is 47.9 Å². The minimum Gasteiger partial charge on any atom is -0.481 e. The van der Waals surface area contributed by atoms with Gasteiger partial charge < -0.3 is 19.8 Å². The highest BCUT2D eigenvalue weighted by molar-refractivity contribution is 5.71. The average Bonchev–Trinajstić information content (AvgIpc) is 2.80. The number of morpholine rings is 1. The molecule has 1 fully saturated rings. The Balaban J connectivity index is 1.79. The predicted molar refractivity (Wildman–Crippen MR) is 66.8 cm³/mol. The number of fused-ring (bicyclic) bond motifs is 1. The second-order valence-corrected chi connectivity index (χ2v) is 4.31. The smallest absolute Gasteiger partial charge is 0.215 e. The van der Waals surface area contributed by atoms with Crippen molar-refractivity contribution >= 4 is 11.2 Å². The zero-order valence-electron chi connectivity index (χ0n) is 10.3. The number of rotatable bonds is 3. The molecule has 2 aromatic rings. The van der Waals surface area contributed by atoms with E-state index in [1.54, 1.807) is 7.11 Å². The number of ether oxygens (including phenoxy) is 2. The van der Waals surface area contributed by atoms with Crippen LogP contribution in [0.5, 0.6) is 5.88 Å². The summed E-state index contributed by atoms with van der Waals surface area (Å²) in [4.78, 5) is 12.0. The lowest BCUT2D eigenvalue weighted by Gasteiger charge is -2.22. The van der Waals surface area contributed by atoms with Gasteiger partial charge in [-0.15, -0.1) is 0 Å². The number of hydrogen-bond donors (Lipinski definition) is 2. The lowest BCUT2D eigenvalue weighted by atomic mass is 10.2. The highest BCUT2D eigenvalue weighted by Gasteiger charge is 2.16. The van der Waals surface area contributed by atoms with Gasteiger partial charge >= 0.3 is 0 Å². The molecule has 0 spiro atoms. The number of nitrogens with zero attached hydrogens (tertiary/aromatic N) is 2. The first-order valence-corrected chi connectivity index (χ1v) is 6.07.